The molecule has 0 amide bonds. The summed E-state index contributed by atoms with van der Waals surface area (Å²) in [6.07, 6.45) is 3.54. The quantitative estimate of drug-likeness (QED) is 0.239. The number of fused-ring (bicyclic) bond motifs is 2. The lowest BCUT2D eigenvalue weighted by molar-refractivity contribution is 0.221. The van der Waals surface area contributed by atoms with Gasteiger partial charge in [-0.2, -0.15) is 0 Å². The Bertz CT molecular complexity index is 1960. The van der Waals surface area contributed by atoms with Crippen LogP contribution in [0.1, 0.15) is 51.0 Å². The third-order valence-corrected chi connectivity index (χ3v) is 9.86. The van der Waals surface area contributed by atoms with Crippen molar-refractivity contribution >= 4 is 10.6 Å². The Morgan fingerprint density at radius 1 is 0.694 bits per heavy atom. The Kier molecular flexibility index (Phi) is 10.1. The number of hydrogen-bond acceptors (Lipinski definition) is 10. The van der Waals surface area contributed by atoms with Crippen molar-refractivity contribution in [3.8, 4) is 40.2 Å². The van der Waals surface area contributed by atoms with E-state index >= 15 is 0 Å². The summed E-state index contributed by atoms with van der Waals surface area (Å²) in [6.45, 7) is 4.08. The summed E-state index contributed by atoms with van der Waals surface area (Å²) in [5.74, 6) is 5.09. The van der Waals surface area contributed by atoms with Gasteiger partial charge in [-0.3, -0.25) is 9.80 Å². The maximum absolute atomic E-state index is 8.44. The molecule has 49 heavy (non-hydrogen) atoms. The first-order valence-electron chi connectivity index (χ1n) is 16.3. The van der Waals surface area contributed by atoms with Gasteiger partial charge in [-0.1, -0.05) is 24.3 Å². The number of hydrogen-bond donors (Lipinski definition) is 0. The first-order chi connectivity index (χ1) is 23.6. The molecule has 0 N–H and O–H groups in total. The SMILES string of the molecule is COc1ccc2cc1Oc1ccc(cc1)C[C@H]1c3cc(c(C)cc3CCN1C)Oc1c(OC)c(OC)cc3c1[C@H](C2)N(C)CC3.O=S(=O)=O. The number of benzene rings is 4. The topological polar surface area (TPSA) is 104 Å². The van der Waals surface area contributed by atoms with Crippen molar-refractivity contribution in [2.45, 2.75) is 44.7 Å². The highest BCUT2D eigenvalue weighted by Gasteiger charge is 2.34. The van der Waals surface area contributed by atoms with Gasteiger partial charge in [-0.15, -0.1) is 12.6 Å². The van der Waals surface area contributed by atoms with E-state index in [4.69, 9.17) is 36.3 Å². The number of likely N-dealkylation sites (N-methyl/N-ethyl adjacent to an activating group) is 2. The lowest BCUT2D eigenvalue weighted by Crippen LogP contribution is -2.34. The Hall–Kier alpha value is -4.58. The van der Waals surface area contributed by atoms with E-state index in [1.165, 1.54) is 22.3 Å². The largest absolute Gasteiger partial charge is 0.493 e. The van der Waals surface area contributed by atoms with E-state index in [1.807, 2.05) is 6.07 Å². The van der Waals surface area contributed by atoms with E-state index in [0.29, 0.717) is 23.0 Å². The van der Waals surface area contributed by atoms with Gasteiger partial charge < -0.3 is 23.7 Å². The highest BCUT2D eigenvalue weighted by molar-refractivity contribution is 7.59. The second-order valence-corrected chi connectivity index (χ2v) is 13.2. The van der Waals surface area contributed by atoms with Gasteiger partial charge in [0, 0.05) is 30.7 Å². The van der Waals surface area contributed by atoms with Crippen LogP contribution in [0.3, 0.4) is 0 Å². The van der Waals surface area contributed by atoms with Crippen LogP contribution in [0.15, 0.2) is 60.7 Å². The van der Waals surface area contributed by atoms with Crippen molar-refractivity contribution in [1.29, 1.82) is 0 Å². The van der Waals surface area contributed by atoms with Crippen LogP contribution in [0.4, 0.5) is 0 Å². The van der Waals surface area contributed by atoms with Gasteiger partial charge in [0.15, 0.2) is 23.0 Å². The molecule has 8 rings (SSSR count). The smallest absolute Gasteiger partial charge is 0.425 e. The molecular weight excluding hydrogens is 644 g/mol. The summed E-state index contributed by atoms with van der Waals surface area (Å²) >= 11 is 0. The minimum atomic E-state index is -3.11. The molecular formula is C38H42N2O8S. The molecule has 0 saturated heterocycles. The average Bonchev–Trinajstić information content (AvgIpc) is 3.08. The van der Waals surface area contributed by atoms with E-state index < -0.39 is 10.6 Å². The molecule has 4 aromatic rings. The molecule has 4 heterocycles. The number of nitrogens with zero attached hydrogens (tertiary/aromatic N) is 2. The van der Waals surface area contributed by atoms with E-state index in [0.717, 1.165) is 72.7 Å². The average molecular weight is 687 g/mol. The van der Waals surface area contributed by atoms with Crippen LogP contribution < -0.4 is 23.7 Å². The summed E-state index contributed by atoms with van der Waals surface area (Å²) in [7, 11) is 6.37. The van der Waals surface area contributed by atoms with Gasteiger partial charge in [0.2, 0.25) is 5.75 Å². The van der Waals surface area contributed by atoms with Crippen molar-refractivity contribution < 1.29 is 36.3 Å². The summed E-state index contributed by atoms with van der Waals surface area (Å²) < 4.78 is 56.5. The molecule has 0 spiro atoms. The molecule has 0 fully saturated rings. The molecule has 11 heteroatoms. The molecule has 4 aliphatic rings. The van der Waals surface area contributed by atoms with Crippen molar-refractivity contribution in [2.75, 3.05) is 48.5 Å². The summed E-state index contributed by atoms with van der Waals surface area (Å²) in [5, 5.41) is 0. The molecule has 4 aliphatic heterocycles. The molecule has 0 aromatic heterocycles. The van der Waals surface area contributed by atoms with Crippen LogP contribution in [0.2, 0.25) is 0 Å². The Balaban J connectivity index is 0.000000989. The lowest BCUT2D eigenvalue weighted by atomic mass is 9.87. The summed E-state index contributed by atoms with van der Waals surface area (Å²) in [4.78, 5) is 4.87. The normalized spacial score (nSPS) is 18.3. The Morgan fingerprint density at radius 2 is 1.33 bits per heavy atom. The van der Waals surface area contributed by atoms with Crippen molar-refractivity contribution in [1.82, 2.24) is 9.80 Å². The van der Waals surface area contributed by atoms with Crippen LogP contribution in [-0.4, -0.2) is 70.9 Å². The standard InChI is InChI=1S/C38H42N2O5.O3S/c1-23-17-26-13-15-39(2)30-18-24-7-10-28(11-8-24)44-34-20-25(9-12-32(34)41-4)19-31-36-27(14-16-40(31)3)21-35(42-5)37(43-6)38(36)45-33(23)22-29(26)30;1-4(2)3/h7-12,17,20-22,30-31H,13-16,18-19H2,1-6H3;/t30-,31-;/m0./s1. The molecule has 2 atom stereocenters. The van der Waals surface area contributed by atoms with E-state index in [1.54, 1.807) is 21.3 Å². The molecule has 0 aliphatic carbocycles. The molecule has 4 aromatic carbocycles. The molecule has 10 nitrogen and oxygen atoms in total. The fraction of sp³-hybridized carbons (Fsp3) is 0.368. The van der Waals surface area contributed by atoms with Gasteiger partial charge in [-0.25, -0.2) is 0 Å². The Morgan fingerprint density at radius 3 is 2.00 bits per heavy atom. The fourth-order valence-corrected chi connectivity index (χ4v) is 7.29. The zero-order chi connectivity index (χ0) is 34.8. The minimum Gasteiger partial charge on any atom is -0.493 e. The van der Waals surface area contributed by atoms with Gasteiger partial charge in [-0.05, 0) is 116 Å². The van der Waals surface area contributed by atoms with Gasteiger partial charge >= 0.3 is 10.6 Å². The van der Waals surface area contributed by atoms with E-state index in [-0.39, 0.29) is 12.1 Å². The maximum atomic E-state index is 8.44. The second-order valence-electron chi connectivity index (χ2n) is 12.8. The van der Waals surface area contributed by atoms with Gasteiger partial charge in [0.25, 0.3) is 0 Å². The number of methoxy groups -OCH3 is 3. The molecule has 6 bridgehead atoms. The zero-order valence-corrected chi connectivity index (χ0v) is 29.6. The monoisotopic (exact) mass is 686 g/mol. The van der Waals surface area contributed by atoms with Crippen LogP contribution >= 0.6 is 0 Å². The minimum absolute atomic E-state index is 0.0415. The van der Waals surface area contributed by atoms with Crippen LogP contribution in [0.25, 0.3) is 0 Å². The maximum Gasteiger partial charge on any atom is 0.425 e. The third-order valence-electron chi connectivity index (χ3n) is 9.86. The van der Waals surface area contributed by atoms with E-state index in [2.05, 4.69) is 85.4 Å². The number of rotatable bonds is 3. The zero-order valence-electron chi connectivity index (χ0n) is 28.7. The summed E-state index contributed by atoms with van der Waals surface area (Å²) in [6, 6.07) is 21.7. The first-order valence-corrected chi connectivity index (χ1v) is 17.3. The molecule has 0 unspecified atom stereocenters. The summed E-state index contributed by atoms with van der Waals surface area (Å²) in [5.41, 5.74) is 8.58. The Labute approximate surface area is 289 Å². The highest BCUT2D eigenvalue weighted by Crippen LogP contribution is 2.51. The van der Waals surface area contributed by atoms with Crippen LogP contribution in [-0.2, 0) is 36.3 Å². The third kappa shape index (κ3) is 7.10. The van der Waals surface area contributed by atoms with E-state index in [9.17, 15) is 0 Å². The number of ether oxygens (including phenoxy) is 5. The molecule has 258 valence electrons. The van der Waals surface area contributed by atoms with Crippen LogP contribution in [0.5, 0.6) is 40.2 Å². The van der Waals surface area contributed by atoms with Crippen molar-refractivity contribution in [3.05, 3.63) is 99.6 Å². The van der Waals surface area contributed by atoms with Gasteiger partial charge in [0.1, 0.15) is 11.5 Å². The predicted molar refractivity (Wildman–Crippen MR) is 186 cm³/mol. The first kappa shape index (κ1) is 34.3. The van der Waals surface area contributed by atoms with Crippen molar-refractivity contribution in [3.63, 3.8) is 0 Å². The molecule has 0 saturated carbocycles. The fourth-order valence-electron chi connectivity index (χ4n) is 7.29. The predicted octanol–water partition coefficient (Wildman–Crippen LogP) is 6.46. The van der Waals surface area contributed by atoms with Crippen molar-refractivity contribution in [2.24, 2.45) is 0 Å². The number of aryl methyl sites for hydroxylation is 1. The lowest BCUT2D eigenvalue weighted by Gasteiger charge is -2.37. The van der Waals surface area contributed by atoms with Crippen LogP contribution in [0, 0.1) is 6.92 Å². The highest BCUT2D eigenvalue weighted by atomic mass is 32.2. The molecule has 0 radical (unpaired) electrons. The van der Waals surface area contributed by atoms with Gasteiger partial charge in [0.05, 0.1) is 21.3 Å². The second kappa shape index (κ2) is 14.5.